The topological polar surface area (TPSA) is 0 Å². The average molecular weight is 335 g/mol. The number of halogens is 1. The van der Waals surface area contributed by atoms with Crippen molar-refractivity contribution in [3.63, 3.8) is 0 Å². The van der Waals surface area contributed by atoms with Crippen molar-refractivity contribution in [3.8, 4) is 0 Å². The van der Waals surface area contributed by atoms with E-state index in [2.05, 4.69) is 72.4 Å². The minimum Gasteiger partial charge on any atom is -0.129 e. The van der Waals surface area contributed by atoms with Crippen molar-refractivity contribution in [2.75, 3.05) is 6.26 Å². The molecule has 0 N–H and O–H groups in total. The lowest BCUT2D eigenvalue weighted by Gasteiger charge is -2.10. The summed E-state index contributed by atoms with van der Waals surface area (Å²) < 4.78 is 1.21. The molecule has 0 aromatic heterocycles. The highest BCUT2D eigenvalue weighted by Gasteiger charge is 2.06. The summed E-state index contributed by atoms with van der Waals surface area (Å²) in [6, 6.07) is 13.5. The zero-order valence-corrected chi connectivity index (χ0v) is 14.1. The normalized spacial score (nSPS) is 10.7. The summed E-state index contributed by atoms with van der Waals surface area (Å²) >= 11 is 5.49. The van der Waals surface area contributed by atoms with E-state index in [4.69, 9.17) is 0 Å². The van der Waals surface area contributed by atoms with E-state index >= 15 is 0 Å². The molecule has 0 unspecified atom stereocenters. The van der Waals surface area contributed by atoms with Gasteiger partial charge in [-0.05, 0) is 54.3 Å². The van der Waals surface area contributed by atoms with Gasteiger partial charge >= 0.3 is 0 Å². The van der Waals surface area contributed by atoms with Gasteiger partial charge in [0.15, 0.2) is 0 Å². The number of thioether (sulfide) groups is 1. The van der Waals surface area contributed by atoms with Gasteiger partial charge < -0.3 is 0 Å². The van der Waals surface area contributed by atoms with Crippen molar-refractivity contribution < 1.29 is 0 Å². The van der Waals surface area contributed by atoms with Crippen LogP contribution >= 0.6 is 27.7 Å². The van der Waals surface area contributed by atoms with Gasteiger partial charge in [-0.2, -0.15) is 0 Å². The molecule has 0 saturated heterocycles. The lowest BCUT2D eigenvalue weighted by Crippen LogP contribution is -1.93. The Hall–Kier alpha value is -0.730. The van der Waals surface area contributed by atoms with Gasteiger partial charge in [-0.25, -0.2) is 0 Å². The molecule has 0 heterocycles. The molecule has 0 aliphatic rings. The molecule has 0 amide bonds. The minimum atomic E-state index is 0.986. The predicted molar refractivity (Wildman–Crippen MR) is 89.3 cm³/mol. The van der Waals surface area contributed by atoms with Gasteiger partial charge in [0.1, 0.15) is 0 Å². The Bertz CT molecular complexity index is 558. The smallest absolute Gasteiger partial charge is 0.0222 e. The van der Waals surface area contributed by atoms with Gasteiger partial charge in [-0.3, -0.25) is 0 Å². The molecule has 2 aromatic rings. The van der Waals surface area contributed by atoms with Crippen LogP contribution in [0.2, 0.25) is 0 Å². The van der Waals surface area contributed by atoms with E-state index in [1.807, 2.05) is 0 Å². The van der Waals surface area contributed by atoms with E-state index in [1.54, 1.807) is 11.8 Å². The lowest BCUT2D eigenvalue weighted by molar-refractivity contribution is 1.11. The van der Waals surface area contributed by atoms with Crippen LogP contribution in [0, 0.1) is 6.92 Å². The molecule has 0 aliphatic carbocycles. The van der Waals surface area contributed by atoms with Crippen molar-refractivity contribution in [3.05, 3.63) is 63.1 Å². The Kier molecular flexibility index (Phi) is 5.12. The molecule has 0 radical (unpaired) electrons. The third kappa shape index (κ3) is 3.64. The minimum absolute atomic E-state index is 0.986. The van der Waals surface area contributed by atoms with Crippen molar-refractivity contribution in [1.29, 1.82) is 0 Å². The molecule has 0 aliphatic heterocycles. The largest absolute Gasteiger partial charge is 0.129 e. The highest BCUT2D eigenvalue weighted by Crippen LogP contribution is 2.29. The molecule has 2 heteroatoms. The number of rotatable bonds is 4. The van der Waals surface area contributed by atoms with Crippen LogP contribution < -0.4 is 0 Å². The molecule has 0 saturated carbocycles. The molecule has 2 aromatic carbocycles. The summed E-state index contributed by atoms with van der Waals surface area (Å²) in [5.41, 5.74) is 5.49. The fourth-order valence-electron chi connectivity index (χ4n) is 2.19. The van der Waals surface area contributed by atoms with Gasteiger partial charge in [0.25, 0.3) is 0 Å². The van der Waals surface area contributed by atoms with Gasteiger partial charge in [-0.15, -0.1) is 11.8 Å². The van der Waals surface area contributed by atoms with E-state index < -0.39 is 0 Å². The number of hydrogen-bond donors (Lipinski definition) is 0. The monoisotopic (exact) mass is 334 g/mol. The SMILES string of the molecule is CCc1ccc(Cc2cc(C)c(SC)cc2Br)cc1. The van der Waals surface area contributed by atoms with Crippen molar-refractivity contribution in [1.82, 2.24) is 0 Å². The molecule has 0 atom stereocenters. The maximum absolute atomic E-state index is 3.69. The van der Waals surface area contributed by atoms with E-state index in [0.29, 0.717) is 0 Å². The summed E-state index contributed by atoms with van der Waals surface area (Å²) in [6.45, 7) is 4.37. The number of aryl methyl sites for hydroxylation is 2. The third-order valence-electron chi connectivity index (χ3n) is 3.39. The zero-order valence-electron chi connectivity index (χ0n) is 11.7. The lowest BCUT2D eigenvalue weighted by atomic mass is 10.0. The Morgan fingerprint density at radius 2 is 1.68 bits per heavy atom. The summed E-state index contributed by atoms with van der Waals surface area (Å²) in [5, 5.41) is 0. The summed E-state index contributed by atoms with van der Waals surface area (Å²) in [5.74, 6) is 0. The fraction of sp³-hybridized carbons (Fsp3) is 0.294. The van der Waals surface area contributed by atoms with Gasteiger partial charge in [0.05, 0.1) is 0 Å². The van der Waals surface area contributed by atoms with E-state index in [-0.39, 0.29) is 0 Å². The van der Waals surface area contributed by atoms with Crippen LogP contribution in [0.15, 0.2) is 45.8 Å². The quantitative estimate of drug-likeness (QED) is 0.652. The highest BCUT2D eigenvalue weighted by molar-refractivity contribution is 9.10. The second-order valence-electron chi connectivity index (χ2n) is 4.76. The van der Waals surface area contributed by atoms with Crippen LogP contribution in [0.5, 0.6) is 0 Å². The highest BCUT2D eigenvalue weighted by atomic mass is 79.9. The first-order chi connectivity index (χ1) is 9.13. The fourth-order valence-corrected chi connectivity index (χ4v) is 3.44. The summed E-state index contributed by atoms with van der Waals surface area (Å²) in [7, 11) is 0. The van der Waals surface area contributed by atoms with Crippen molar-refractivity contribution >= 4 is 27.7 Å². The average Bonchev–Trinajstić information content (AvgIpc) is 2.43. The maximum Gasteiger partial charge on any atom is 0.0222 e. The molecule has 2 rings (SSSR count). The van der Waals surface area contributed by atoms with Crippen LogP contribution in [0.1, 0.15) is 29.2 Å². The molecule has 19 heavy (non-hydrogen) atoms. The van der Waals surface area contributed by atoms with Crippen LogP contribution in [-0.4, -0.2) is 6.26 Å². The van der Waals surface area contributed by atoms with Gasteiger partial charge in [0, 0.05) is 9.37 Å². The summed E-state index contributed by atoms with van der Waals surface area (Å²) in [6.07, 6.45) is 4.21. The van der Waals surface area contributed by atoms with E-state index in [1.165, 1.54) is 31.6 Å². The first-order valence-electron chi connectivity index (χ1n) is 6.55. The Morgan fingerprint density at radius 3 is 2.26 bits per heavy atom. The molecule has 0 spiro atoms. The second kappa shape index (κ2) is 6.62. The van der Waals surface area contributed by atoms with Crippen LogP contribution in [0.3, 0.4) is 0 Å². The number of benzene rings is 2. The molecule has 0 bridgehead atoms. The molecule has 0 nitrogen and oxygen atoms in total. The summed E-state index contributed by atoms with van der Waals surface area (Å²) in [4.78, 5) is 1.34. The second-order valence-corrected chi connectivity index (χ2v) is 6.46. The van der Waals surface area contributed by atoms with Crippen molar-refractivity contribution in [2.24, 2.45) is 0 Å². The Morgan fingerprint density at radius 1 is 1.05 bits per heavy atom. The maximum atomic E-state index is 3.69. The van der Waals surface area contributed by atoms with Gasteiger partial charge in [-0.1, -0.05) is 53.2 Å². The van der Waals surface area contributed by atoms with Crippen LogP contribution in [0.4, 0.5) is 0 Å². The van der Waals surface area contributed by atoms with E-state index in [0.717, 1.165) is 12.8 Å². The molecular weight excluding hydrogens is 316 g/mol. The van der Waals surface area contributed by atoms with Crippen LogP contribution in [-0.2, 0) is 12.8 Å². The first-order valence-corrected chi connectivity index (χ1v) is 8.56. The van der Waals surface area contributed by atoms with Crippen molar-refractivity contribution in [2.45, 2.75) is 31.6 Å². The number of hydrogen-bond acceptors (Lipinski definition) is 1. The zero-order chi connectivity index (χ0) is 13.8. The first kappa shape index (κ1) is 14.7. The standard InChI is InChI=1S/C17H19BrS/c1-4-13-5-7-14(8-6-13)10-15-9-12(2)17(19-3)11-16(15)18/h5-9,11H,4,10H2,1-3H3. The Labute approximate surface area is 128 Å². The molecule has 0 fully saturated rings. The Balaban J connectivity index is 2.25. The van der Waals surface area contributed by atoms with E-state index in [9.17, 15) is 0 Å². The van der Waals surface area contributed by atoms with Crippen LogP contribution in [0.25, 0.3) is 0 Å². The predicted octanol–water partition coefficient (Wildman–Crippen LogP) is 5.63. The third-order valence-corrected chi connectivity index (χ3v) is 5.01. The molecular formula is C17H19BrS. The van der Waals surface area contributed by atoms with Gasteiger partial charge in [0.2, 0.25) is 0 Å². The molecule has 100 valence electrons.